The number of aryl methyl sites for hydroxylation is 1. The second-order valence-electron chi connectivity index (χ2n) is 4.48. The van der Waals surface area contributed by atoms with Gasteiger partial charge in [-0.3, -0.25) is 0 Å². The fraction of sp³-hybridized carbons (Fsp3) is 0.286. The van der Waals surface area contributed by atoms with E-state index in [4.69, 9.17) is 9.52 Å². The quantitative estimate of drug-likeness (QED) is 0.781. The summed E-state index contributed by atoms with van der Waals surface area (Å²) in [4.78, 5) is 15.6. The van der Waals surface area contributed by atoms with E-state index < -0.39 is 5.82 Å². The summed E-state index contributed by atoms with van der Waals surface area (Å²) in [6, 6.07) is 3.96. The Morgan fingerprint density at radius 1 is 1.38 bits per heavy atom. The Kier molecular flexibility index (Phi) is 4.89. The zero-order valence-electron chi connectivity index (χ0n) is 11.5. The molecule has 0 spiro atoms. The van der Waals surface area contributed by atoms with Crippen molar-refractivity contribution in [2.24, 2.45) is 0 Å². The van der Waals surface area contributed by atoms with E-state index in [2.05, 4.69) is 15.6 Å². The van der Waals surface area contributed by atoms with Gasteiger partial charge >= 0.3 is 6.03 Å². The Morgan fingerprint density at radius 2 is 2.14 bits per heavy atom. The van der Waals surface area contributed by atoms with E-state index in [0.717, 1.165) is 0 Å². The molecule has 0 saturated carbocycles. The van der Waals surface area contributed by atoms with Gasteiger partial charge in [-0.15, -0.1) is 0 Å². The van der Waals surface area contributed by atoms with Crippen LogP contribution in [0.4, 0.5) is 9.18 Å². The second-order valence-corrected chi connectivity index (χ2v) is 4.48. The first-order valence-electron chi connectivity index (χ1n) is 6.39. The molecule has 7 heteroatoms. The van der Waals surface area contributed by atoms with E-state index in [1.807, 2.05) is 0 Å². The summed E-state index contributed by atoms with van der Waals surface area (Å²) in [6.07, 6.45) is 1.32. The lowest BCUT2D eigenvalue weighted by Crippen LogP contribution is -2.34. The first kappa shape index (κ1) is 15.0. The van der Waals surface area contributed by atoms with Gasteiger partial charge in [0, 0.05) is 12.1 Å². The number of rotatable bonds is 5. The number of amides is 2. The third kappa shape index (κ3) is 4.03. The highest BCUT2D eigenvalue weighted by atomic mass is 19.1. The minimum Gasteiger partial charge on any atom is -0.448 e. The minimum atomic E-state index is -0.466. The lowest BCUT2D eigenvalue weighted by molar-refractivity contribution is 0.240. The summed E-state index contributed by atoms with van der Waals surface area (Å²) in [6.45, 7) is 1.88. The molecule has 2 rings (SSSR count). The third-order valence-electron chi connectivity index (χ3n) is 2.99. The molecule has 1 aromatic carbocycles. The molecular formula is C14H16FN3O3. The standard InChI is InChI=1S/C14H16FN3O3/c1-9-13(18-8-21-9)6-17-14(20)16-5-10-2-3-12(15)11(4-10)7-19/h2-4,8,19H,5-7H2,1H3,(H2,16,17,20). The van der Waals surface area contributed by atoms with Gasteiger partial charge in [0.2, 0.25) is 0 Å². The van der Waals surface area contributed by atoms with Crippen molar-refractivity contribution in [3.05, 3.63) is 53.0 Å². The molecule has 2 aromatic rings. The summed E-state index contributed by atoms with van der Waals surface area (Å²) in [7, 11) is 0. The number of aliphatic hydroxyl groups excluding tert-OH is 1. The number of carbonyl (C=O) groups is 1. The molecule has 21 heavy (non-hydrogen) atoms. The fourth-order valence-corrected chi connectivity index (χ4v) is 1.77. The van der Waals surface area contributed by atoms with Crippen LogP contribution < -0.4 is 10.6 Å². The van der Waals surface area contributed by atoms with Gasteiger partial charge in [-0.25, -0.2) is 14.2 Å². The van der Waals surface area contributed by atoms with Gasteiger partial charge in [-0.2, -0.15) is 0 Å². The van der Waals surface area contributed by atoms with E-state index in [1.165, 1.54) is 18.5 Å². The lowest BCUT2D eigenvalue weighted by Gasteiger charge is -2.08. The van der Waals surface area contributed by atoms with Gasteiger partial charge in [0.05, 0.1) is 13.2 Å². The average Bonchev–Trinajstić information content (AvgIpc) is 2.89. The highest BCUT2D eigenvalue weighted by Gasteiger charge is 2.07. The van der Waals surface area contributed by atoms with Crippen LogP contribution in [0.3, 0.4) is 0 Å². The van der Waals surface area contributed by atoms with Crippen molar-refractivity contribution < 1.29 is 18.7 Å². The largest absolute Gasteiger partial charge is 0.448 e. The fourth-order valence-electron chi connectivity index (χ4n) is 1.77. The molecule has 1 heterocycles. The van der Waals surface area contributed by atoms with E-state index in [9.17, 15) is 9.18 Å². The van der Waals surface area contributed by atoms with Crippen molar-refractivity contribution in [1.82, 2.24) is 15.6 Å². The molecule has 0 unspecified atom stereocenters. The lowest BCUT2D eigenvalue weighted by atomic mass is 10.1. The molecule has 6 nitrogen and oxygen atoms in total. The Morgan fingerprint density at radius 3 is 2.81 bits per heavy atom. The molecule has 0 bridgehead atoms. The van der Waals surface area contributed by atoms with Crippen LogP contribution in [0, 0.1) is 12.7 Å². The molecule has 112 valence electrons. The Labute approximate surface area is 121 Å². The van der Waals surface area contributed by atoms with Crippen molar-refractivity contribution in [3.8, 4) is 0 Å². The predicted octanol–water partition coefficient (Wildman–Crippen LogP) is 1.61. The Bertz CT molecular complexity index is 628. The summed E-state index contributed by atoms with van der Waals surface area (Å²) >= 11 is 0. The topological polar surface area (TPSA) is 87.4 Å². The minimum absolute atomic E-state index is 0.202. The van der Waals surface area contributed by atoms with Crippen LogP contribution in [0.25, 0.3) is 0 Å². The molecule has 0 fully saturated rings. The normalized spacial score (nSPS) is 10.4. The van der Waals surface area contributed by atoms with Crippen LogP contribution in [-0.2, 0) is 19.7 Å². The maximum Gasteiger partial charge on any atom is 0.315 e. The number of hydrogen-bond donors (Lipinski definition) is 3. The summed E-state index contributed by atoms with van der Waals surface area (Å²) in [5.74, 6) is 0.189. The van der Waals surface area contributed by atoms with E-state index in [1.54, 1.807) is 13.0 Å². The van der Waals surface area contributed by atoms with Crippen molar-refractivity contribution in [2.45, 2.75) is 26.6 Å². The van der Waals surface area contributed by atoms with Gasteiger partial charge in [-0.05, 0) is 24.6 Å². The van der Waals surface area contributed by atoms with Gasteiger partial charge in [0.15, 0.2) is 6.39 Å². The number of nitrogens with one attached hydrogen (secondary N) is 2. The van der Waals surface area contributed by atoms with Crippen LogP contribution in [0.2, 0.25) is 0 Å². The van der Waals surface area contributed by atoms with E-state index in [0.29, 0.717) is 17.0 Å². The van der Waals surface area contributed by atoms with Gasteiger partial charge < -0.3 is 20.2 Å². The van der Waals surface area contributed by atoms with Gasteiger partial charge in [0.25, 0.3) is 0 Å². The first-order valence-corrected chi connectivity index (χ1v) is 6.39. The smallest absolute Gasteiger partial charge is 0.315 e. The highest BCUT2D eigenvalue weighted by molar-refractivity contribution is 5.73. The molecule has 3 N–H and O–H groups in total. The molecule has 0 radical (unpaired) electrons. The molecule has 0 atom stereocenters. The number of urea groups is 1. The number of benzene rings is 1. The Balaban J connectivity index is 1.82. The number of aliphatic hydroxyl groups is 1. The molecule has 1 aromatic heterocycles. The molecule has 0 aliphatic heterocycles. The van der Waals surface area contributed by atoms with Gasteiger partial charge in [-0.1, -0.05) is 6.07 Å². The van der Waals surface area contributed by atoms with E-state index in [-0.39, 0.29) is 31.3 Å². The van der Waals surface area contributed by atoms with Crippen molar-refractivity contribution in [3.63, 3.8) is 0 Å². The number of nitrogens with zero attached hydrogens (tertiary/aromatic N) is 1. The van der Waals surface area contributed by atoms with Crippen LogP contribution in [0.1, 0.15) is 22.6 Å². The highest BCUT2D eigenvalue weighted by Crippen LogP contribution is 2.10. The molecule has 0 aliphatic rings. The first-order chi connectivity index (χ1) is 10.1. The monoisotopic (exact) mass is 293 g/mol. The van der Waals surface area contributed by atoms with Crippen molar-refractivity contribution >= 4 is 6.03 Å². The molecule has 2 amide bonds. The number of aromatic nitrogens is 1. The van der Waals surface area contributed by atoms with Crippen LogP contribution in [0.5, 0.6) is 0 Å². The number of halogens is 1. The number of oxazole rings is 1. The van der Waals surface area contributed by atoms with Crippen LogP contribution in [-0.4, -0.2) is 16.1 Å². The number of hydrogen-bond acceptors (Lipinski definition) is 4. The maximum atomic E-state index is 13.2. The van der Waals surface area contributed by atoms with Crippen molar-refractivity contribution in [2.75, 3.05) is 0 Å². The van der Waals surface area contributed by atoms with Crippen LogP contribution >= 0.6 is 0 Å². The zero-order chi connectivity index (χ0) is 15.2. The van der Waals surface area contributed by atoms with Crippen molar-refractivity contribution in [1.29, 1.82) is 0 Å². The zero-order valence-corrected chi connectivity index (χ0v) is 11.5. The molecular weight excluding hydrogens is 277 g/mol. The summed E-state index contributed by atoms with van der Waals surface area (Å²) in [5.41, 5.74) is 1.57. The second kappa shape index (κ2) is 6.85. The predicted molar refractivity (Wildman–Crippen MR) is 72.6 cm³/mol. The number of carbonyl (C=O) groups excluding carboxylic acids is 1. The SMILES string of the molecule is Cc1ocnc1CNC(=O)NCc1ccc(F)c(CO)c1. The average molecular weight is 293 g/mol. The third-order valence-corrected chi connectivity index (χ3v) is 2.99. The summed E-state index contributed by atoms with van der Waals surface area (Å²) in [5, 5.41) is 14.3. The van der Waals surface area contributed by atoms with Crippen LogP contribution in [0.15, 0.2) is 29.0 Å². The van der Waals surface area contributed by atoms with Gasteiger partial charge in [0.1, 0.15) is 17.3 Å². The molecule has 0 aliphatic carbocycles. The van der Waals surface area contributed by atoms with E-state index >= 15 is 0 Å². The maximum absolute atomic E-state index is 13.2. The summed E-state index contributed by atoms with van der Waals surface area (Å²) < 4.78 is 18.2. The molecule has 0 saturated heterocycles. The Hall–Kier alpha value is -2.41.